The molecule has 0 radical (unpaired) electrons. The fourth-order valence-electron chi connectivity index (χ4n) is 1.61. The fraction of sp³-hybridized carbons (Fsp3) is 0.231. The summed E-state index contributed by atoms with van der Waals surface area (Å²) in [7, 11) is 0. The van der Waals surface area contributed by atoms with E-state index in [0.29, 0.717) is 6.54 Å². The van der Waals surface area contributed by atoms with Gasteiger partial charge in [0.2, 0.25) is 5.82 Å². The molecule has 0 atom stereocenters. The molecule has 110 valence electrons. The van der Waals surface area contributed by atoms with Crippen molar-refractivity contribution in [3.63, 3.8) is 0 Å². The van der Waals surface area contributed by atoms with E-state index in [-0.39, 0.29) is 21.4 Å². The lowest BCUT2D eigenvalue weighted by Crippen LogP contribution is -2.07. The van der Waals surface area contributed by atoms with Crippen LogP contribution in [0.2, 0.25) is 0 Å². The van der Waals surface area contributed by atoms with Crippen molar-refractivity contribution in [2.24, 2.45) is 0 Å². The van der Waals surface area contributed by atoms with Gasteiger partial charge in [-0.2, -0.15) is 0 Å². The van der Waals surface area contributed by atoms with E-state index >= 15 is 0 Å². The third-order valence-electron chi connectivity index (χ3n) is 2.56. The molecule has 8 heteroatoms. The second-order valence-corrected chi connectivity index (χ2v) is 5.12. The fourth-order valence-corrected chi connectivity index (χ4v) is 2.49. The summed E-state index contributed by atoms with van der Waals surface area (Å²) in [5, 5.41) is 14.3. The van der Waals surface area contributed by atoms with E-state index in [9.17, 15) is 14.5 Å². The van der Waals surface area contributed by atoms with Crippen molar-refractivity contribution >= 4 is 23.3 Å². The molecule has 0 spiro atoms. The van der Waals surface area contributed by atoms with Gasteiger partial charge in [0.1, 0.15) is 12.1 Å². The topological polar surface area (TPSA) is 81.0 Å². The number of benzene rings is 1. The number of nitro groups is 1. The number of anilines is 1. The van der Waals surface area contributed by atoms with Gasteiger partial charge < -0.3 is 5.32 Å². The van der Waals surface area contributed by atoms with Gasteiger partial charge >= 0.3 is 5.69 Å². The minimum absolute atomic E-state index is 0.110. The summed E-state index contributed by atoms with van der Waals surface area (Å²) in [6.45, 7) is 2.50. The van der Waals surface area contributed by atoms with E-state index in [4.69, 9.17) is 0 Å². The highest BCUT2D eigenvalue weighted by atomic mass is 32.2. The third kappa shape index (κ3) is 3.66. The van der Waals surface area contributed by atoms with Gasteiger partial charge in [-0.15, -0.1) is 0 Å². The van der Waals surface area contributed by atoms with E-state index in [2.05, 4.69) is 15.3 Å². The lowest BCUT2D eigenvalue weighted by atomic mass is 10.3. The normalized spacial score (nSPS) is 10.4. The van der Waals surface area contributed by atoms with Crippen LogP contribution in [-0.4, -0.2) is 21.4 Å². The predicted molar refractivity (Wildman–Crippen MR) is 78.0 cm³/mol. The molecule has 0 aliphatic carbocycles. The summed E-state index contributed by atoms with van der Waals surface area (Å²) in [4.78, 5) is 18.8. The summed E-state index contributed by atoms with van der Waals surface area (Å²) in [5.74, 6) is -0.297. The molecule has 0 fully saturated rings. The van der Waals surface area contributed by atoms with Crippen LogP contribution >= 0.6 is 11.8 Å². The van der Waals surface area contributed by atoms with Crippen LogP contribution in [0.1, 0.15) is 13.3 Å². The lowest BCUT2D eigenvalue weighted by molar-refractivity contribution is -0.387. The molecule has 1 N–H and O–H groups in total. The minimum Gasteiger partial charge on any atom is -0.364 e. The van der Waals surface area contributed by atoms with Crippen LogP contribution in [0.3, 0.4) is 0 Å². The number of hydrogen-bond donors (Lipinski definition) is 1. The molecule has 0 aliphatic rings. The Morgan fingerprint density at radius 3 is 2.81 bits per heavy atom. The molecule has 1 heterocycles. The molecular formula is C13H13FN4O2S. The molecule has 1 aromatic carbocycles. The molecule has 0 unspecified atom stereocenters. The number of rotatable bonds is 6. The Kier molecular flexibility index (Phi) is 5.04. The highest BCUT2D eigenvalue weighted by Gasteiger charge is 2.24. The lowest BCUT2D eigenvalue weighted by Gasteiger charge is -2.07. The van der Waals surface area contributed by atoms with Crippen LogP contribution in [0.15, 0.2) is 40.5 Å². The van der Waals surface area contributed by atoms with Crippen LogP contribution in [0, 0.1) is 15.9 Å². The van der Waals surface area contributed by atoms with Crippen molar-refractivity contribution in [1.29, 1.82) is 0 Å². The first-order valence-corrected chi connectivity index (χ1v) is 7.10. The zero-order valence-corrected chi connectivity index (χ0v) is 12.1. The number of hydrogen-bond acceptors (Lipinski definition) is 6. The van der Waals surface area contributed by atoms with Gasteiger partial charge in [-0.3, -0.25) is 10.1 Å². The van der Waals surface area contributed by atoms with Crippen molar-refractivity contribution in [2.75, 3.05) is 11.9 Å². The number of nitrogens with zero attached hydrogens (tertiary/aromatic N) is 3. The Bertz CT molecular complexity index is 654. The molecule has 2 rings (SSSR count). The Labute approximate surface area is 125 Å². The summed E-state index contributed by atoms with van der Waals surface area (Å²) >= 11 is 0.909. The first-order valence-electron chi connectivity index (χ1n) is 6.29. The van der Waals surface area contributed by atoms with Gasteiger partial charge in [-0.05, 0) is 18.6 Å². The highest BCUT2D eigenvalue weighted by Crippen LogP contribution is 2.37. The molecule has 0 aliphatic heterocycles. The maximum absolute atomic E-state index is 13.7. The summed E-state index contributed by atoms with van der Waals surface area (Å²) in [6.07, 6.45) is 2.03. The standard InChI is InChI=1S/C13H13FN4O2S/c1-2-7-15-12-11(18(19)20)13(17-8-16-12)21-10-6-4-3-5-9(10)14/h3-6,8H,2,7H2,1H3,(H,15,16,17). The smallest absolute Gasteiger partial charge is 0.343 e. The Morgan fingerprint density at radius 2 is 2.14 bits per heavy atom. The van der Waals surface area contributed by atoms with Crippen molar-refractivity contribution in [1.82, 2.24) is 9.97 Å². The molecular weight excluding hydrogens is 295 g/mol. The van der Waals surface area contributed by atoms with Crippen LogP contribution in [-0.2, 0) is 0 Å². The quantitative estimate of drug-likeness (QED) is 0.500. The van der Waals surface area contributed by atoms with Crippen molar-refractivity contribution in [2.45, 2.75) is 23.3 Å². The van der Waals surface area contributed by atoms with Crippen LogP contribution in [0.5, 0.6) is 0 Å². The zero-order valence-electron chi connectivity index (χ0n) is 11.2. The summed E-state index contributed by atoms with van der Waals surface area (Å²) in [5.41, 5.74) is -0.237. The van der Waals surface area contributed by atoms with Gasteiger partial charge in [0.15, 0.2) is 5.03 Å². The van der Waals surface area contributed by atoms with E-state index in [1.807, 2.05) is 6.92 Å². The maximum Gasteiger partial charge on any atom is 0.343 e. The highest BCUT2D eigenvalue weighted by molar-refractivity contribution is 7.99. The molecule has 2 aromatic rings. The largest absolute Gasteiger partial charge is 0.364 e. The average Bonchev–Trinajstić information content (AvgIpc) is 2.47. The van der Waals surface area contributed by atoms with Crippen LogP contribution in [0.25, 0.3) is 0 Å². The Hall–Kier alpha value is -2.22. The second-order valence-electron chi connectivity index (χ2n) is 4.09. The molecule has 0 bridgehead atoms. The van der Waals surface area contributed by atoms with Crippen molar-refractivity contribution in [3.05, 3.63) is 46.5 Å². The third-order valence-corrected chi connectivity index (χ3v) is 3.60. The Balaban J connectivity index is 2.39. The SMILES string of the molecule is CCCNc1ncnc(Sc2ccccc2F)c1[N+](=O)[O-]. The molecule has 0 saturated heterocycles. The Morgan fingerprint density at radius 1 is 1.38 bits per heavy atom. The van der Waals surface area contributed by atoms with E-state index in [0.717, 1.165) is 18.2 Å². The van der Waals surface area contributed by atoms with E-state index in [1.165, 1.54) is 12.4 Å². The van der Waals surface area contributed by atoms with Gasteiger partial charge in [-0.25, -0.2) is 14.4 Å². The first kappa shape index (κ1) is 15.2. The van der Waals surface area contributed by atoms with Crippen molar-refractivity contribution in [3.8, 4) is 0 Å². The van der Waals surface area contributed by atoms with Crippen molar-refractivity contribution < 1.29 is 9.31 Å². The number of nitrogens with one attached hydrogen (secondary N) is 1. The van der Waals surface area contributed by atoms with Gasteiger partial charge in [-0.1, -0.05) is 30.8 Å². The predicted octanol–water partition coefficient (Wildman–Crippen LogP) is 3.50. The number of aromatic nitrogens is 2. The summed E-state index contributed by atoms with van der Waals surface area (Å²) < 4.78 is 13.7. The van der Waals surface area contributed by atoms with Gasteiger partial charge in [0, 0.05) is 11.4 Å². The zero-order chi connectivity index (χ0) is 15.2. The van der Waals surface area contributed by atoms with Gasteiger partial charge in [0.25, 0.3) is 0 Å². The molecule has 0 amide bonds. The van der Waals surface area contributed by atoms with Crippen LogP contribution in [0.4, 0.5) is 15.9 Å². The van der Waals surface area contributed by atoms with E-state index in [1.54, 1.807) is 18.2 Å². The molecule has 1 aromatic heterocycles. The minimum atomic E-state index is -0.554. The average molecular weight is 308 g/mol. The van der Waals surface area contributed by atoms with Gasteiger partial charge in [0.05, 0.1) is 4.92 Å². The first-order chi connectivity index (χ1) is 10.1. The monoisotopic (exact) mass is 308 g/mol. The van der Waals surface area contributed by atoms with Crippen LogP contribution < -0.4 is 5.32 Å². The second kappa shape index (κ2) is 6.98. The molecule has 0 saturated carbocycles. The van der Waals surface area contributed by atoms with E-state index < -0.39 is 10.7 Å². The molecule has 6 nitrogen and oxygen atoms in total. The molecule has 21 heavy (non-hydrogen) atoms. The summed E-state index contributed by atoms with van der Waals surface area (Å²) in [6, 6.07) is 6.06. The number of halogens is 1. The maximum atomic E-state index is 13.7.